The average molecular weight is 265 g/mol. The molecule has 0 fully saturated rings. The van der Waals surface area contributed by atoms with E-state index in [4.69, 9.17) is 10.00 Å². The molecule has 0 saturated heterocycles. The molecule has 2 aromatic rings. The molecular formula is C12H6F3N3O. The second-order valence-electron chi connectivity index (χ2n) is 3.49. The Bertz CT molecular complexity index is 635. The second kappa shape index (κ2) is 4.94. The van der Waals surface area contributed by atoms with E-state index in [1.165, 1.54) is 24.4 Å². The molecular weight excluding hydrogens is 259 g/mol. The summed E-state index contributed by atoms with van der Waals surface area (Å²) >= 11 is 0. The third kappa shape index (κ3) is 2.98. The number of ether oxygens (including phenoxy) is 1. The van der Waals surface area contributed by atoms with Crippen molar-refractivity contribution in [1.82, 2.24) is 10.2 Å². The Labute approximate surface area is 106 Å². The summed E-state index contributed by atoms with van der Waals surface area (Å²) < 4.78 is 42.7. The van der Waals surface area contributed by atoms with E-state index in [0.29, 0.717) is 0 Å². The predicted molar refractivity (Wildman–Crippen MR) is 58.3 cm³/mol. The summed E-state index contributed by atoms with van der Waals surface area (Å²) in [5.41, 5.74) is -0.750. The molecule has 7 heteroatoms. The van der Waals surface area contributed by atoms with Crippen LogP contribution in [0.15, 0.2) is 36.5 Å². The Hall–Kier alpha value is -2.62. The van der Waals surface area contributed by atoms with Gasteiger partial charge in [-0.15, -0.1) is 5.10 Å². The summed E-state index contributed by atoms with van der Waals surface area (Å²) in [4.78, 5) is 0. The minimum atomic E-state index is -4.46. The molecule has 0 unspecified atom stereocenters. The maximum atomic E-state index is 12.5. The summed E-state index contributed by atoms with van der Waals surface area (Å²) in [6.07, 6.45) is -3.17. The lowest BCUT2D eigenvalue weighted by Crippen LogP contribution is -2.04. The van der Waals surface area contributed by atoms with Crippen LogP contribution in [0.4, 0.5) is 13.2 Å². The first-order valence-electron chi connectivity index (χ1n) is 5.07. The minimum absolute atomic E-state index is 0.0631. The van der Waals surface area contributed by atoms with Crippen molar-refractivity contribution in [2.75, 3.05) is 0 Å². The van der Waals surface area contributed by atoms with Crippen LogP contribution in [0.1, 0.15) is 11.1 Å². The van der Waals surface area contributed by atoms with Crippen molar-refractivity contribution in [3.63, 3.8) is 0 Å². The van der Waals surface area contributed by atoms with Crippen molar-refractivity contribution >= 4 is 0 Å². The van der Waals surface area contributed by atoms with Gasteiger partial charge in [0.25, 0.3) is 5.88 Å². The van der Waals surface area contributed by atoms with Gasteiger partial charge in [-0.25, -0.2) is 0 Å². The third-order valence-corrected chi connectivity index (χ3v) is 2.18. The van der Waals surface area contributed by atoms with Gasteiger partial charge in [0, 0.05) is 0 Å². The molecule has 19 heavy (non-hydrogen) atoms. The highest BCUT2D eigenvalue weighted by atomic mass is 19.4. The van der Waals surface area contributed by atoms with Crippen LogP contribution in [0.3, 0.4) is 0 Å². The quantitative estimate of drug-likeness (QED) is 0.836. The zero-order valence-electron chi connectivity index (χ0n) is 9.35. The first kappa shape index (κ1) is 12.8. The van der Waals surface area contributed by atoms with Gasteiger partial charge in [0.15, 0.2) is 0 Å². The molecule has 0 radical (unpaired) electrons. The summed E-state index contributed by atoms with van der Waals surface area (Å²) in [6.45, 7) is 0. The number of rotatable bonds is 2. The zero-order chi connectivity index (χ0) is 13.9. The Balaban J connectivity index is 2.32. The number of halogens is 3. The van der Waals surface area contributed by atoms with Crippen molar-refractivity contribution in [1.29, 1.82) is 5.26 Å². The normalized spacial score (nSPS) is 10.8. The van der Waals surface area contributed by atoms with Crippen molar-refractivity contribution in [2.45, 2.75) is 6.18 Å². The lowest BCUT2D eigenvalue weighted by atomic mass is 10.2. The average Bonchev–Trinajstić information content (AvgIpc) is 2.39. The maximum absolute atomic E-state index is 12.5. The Morgan fingerprint density at radius 3 is 2.68 bits per heavy atom. The molecule has 0 aliphatic rings. The van der Waals surface area contributed by atoms with Gasteiger partial charge in [-0.2, -0.15) is 23.5 Å². The Morgan fingerprint density at radius 1 is 1.21 bits per heavy atom. The Kier molecular flexibility index (Phi) is 3.33. The van der Waals surface area contributed by atoms with E-state index in [-0.39, 0.29) is 17.2 Å². The van der Waals surface area contributed by atoms with Gasteiger partial charge in [0.2, 0.25) is 0 Å². The van der Waals surface area contributed by atoms with Crippen molar-refractivity contribution in [2.24, 2.45) is 0 Å². The van der Waals surface area contributed by atoms with Crippen molar-refractivity contribution in [3.8, 4) is 17.7 Å². The van der Waals surface area contributed by atoms with E-state index >= 15 is 0 Å². The monoisotopic (exact) mass is 265 g/mol. The fourth-order valence-electron chi connectivity index (χ4n) is 1.33. The fourth-order valence-corrected chi connectivity index (χ4v) is 1.33. The molecule has 0 amide bonds. The minimum Gasteiger partial charge on any atom is -0.437 e. The number of hydrogen-bond donors (Lipinski definition) is 0. The first-order chi connectivity index (χ1) is 9.00. The third-order valence-electron chi connectivity index (χ3n) is 2.18. The fraction of sp³-hybridized carbons (Fsp3) is 0.0833. The highest BCUT2D eigenvalue weighted by Crippen LogP contribution is 2.32. The van der Waals surface area contributed by atoms with Gasteiger partial charge < -0.3 is 4.74 Å². The van der Waals surface area contributed by atoms with Gasteiger partial charge in [-0.3, -0.25) is 0 Å². The van der Waals surface area contributed by atoms with Gasteiger partial charge in [-0.05, 0) is 24.3 Å². The van der Waals surface area contributed by atoms with Gasteiger partial charge in [0.1, 0.15) is 17.4 Å². The predicted octanol–water partition coefficient (Wildman–Crippen LogP) is 3.16. The van der Waals surface area contributed by atoms with Crippen LogP contribution in [-0.4, -0.2) is 10.2 Å². The maximum Gasteiger partial charge on any atom is 0.416 e. The van der Waals surface area contributed by atoms with Crippen LogP contribution in [0.5, 0.6) is 11.6 Å². The molecule has 0 aliphatic carbocycles. The molecule has 0 aliphatic heterocycles. The summed E-state index contributed by atoms with van der Waals surface area (Å²) in [7, 11) is 0. The number of alkyl halides is 3. The molecule has 0 atom stereocenters. The SMILES string of the molecule is N#Cc1ccnnc1Oc1cccc(C(F)(F)F)c1. The summed E-state index contributed by atoms with van der Waals surface area (Å²) in [5, 5.41) is 15.9. The van der Waals surface area contributed by atoms with E-state index in [0.717, 1.165) is 12.1 Å². The molecule has 4 nitrogen and oxygen atoms in total. The summed E-state index contributed by atoms with van der Waals surface area (Å²) in [6, 6.07) is 7.47. The molecule has 1 aromatic heterocycles. The first-order valence-corrected chi connectivity index (χ1v) is 5.07. The van der Waals surface area contributed by atoms with E-state index in [1.807, 2.05) is 6.07 Å². The molecule has 96 valence electrons. The van der Waals surface area contributed by atoms with Gasteiger partial charge in [0.05, 0.1) is 11.8 Å². The van der Waals surface area contributed by atoms with Crippen LogP contribution in [-0.2, 0) is 6.18 Å². The molecule has 1 aromatic carbocycles. The Morgan fingerprint density at radius 2 is 2.00 bits per heavy atom. The van der Waals surface area contributed by atoms with Crippen LogP contribution >= 0.6 is 0 Å². The van der Waals surface area contributed by atoms with E-state index in [1.54, 1.807) is 0 Å². The molecule has 0 N–H and O–H groups in total. The highest BCUT2D eigenvalue weighted by Gasteiger charge is 2.30. The second-order valence-corrected chi connectivity index (χ2v) is 3.49. The van der Waals surface area contributed by atoms with Gasteiger partial charge >= 0.3 is 6.18 Å². The van der Waals surface area contributed by atoms with Crippen molar-refractivity contribution in [3.05, 3.63) is 47.7 Å². The number of nitrogens with zero attached hydrogens (tertiary/aromatic N) is 3. The molecule has 0 spiro atoms. The van der Waals surface area contributed by atoms with E-state index in [2.05, 4.69) is 10.2 Å². The lowest BCUT2D eigenvalue weighted by Gasteiger charge is -2.09. The molecule has 2 rings (SSSR count). The lowest BCUT2D eigenvalue weighted by molar-refractivity contribution is -0.137. The molecule has 0 saturated carbocycles. The van der Waals surface area contributed by atoms with Crippen LogP contribution in [0, 0.1) is 11.3 Å². The van der Waals surface area contributed by atoms with E-state index < -0.39 is 11.7 Å². The molecule has 0 bridgehead atoms. The topological polar surface area (TPSA) is 58.8 Å². The zero-order valence-corrected chi connectivity index (χ0v) is 9.35. The van der Waals surface area contributed by atoms with Crippen LogP contribution in [0.25, 0.3) is 0 Å². The number of nitriles is 1. The smallest absolute Gasteiger partial charge is 0.416 e. The van der Waals surface area contributed by atoms with E-state index in [9.17, 15) is 13.2 Å². The standard InChI is InChI=1S/C12H6F3N3O/c13-12(14,15)9-2-1-3-10(6-9)19-11-8(7-16)4-5-17-18-11/h1-6H. The summed E-state index contributed by atoms with van der Waals surface area (Å²) in [5.74, 6) is -0.198. The highest BCUT2D eigenvalue weighted by molar-refractivity contribution is 5.40. The van der Waals surface area contributed by atoms with Crippen LogP contribution in [0.2, 0.25) is 0 Å². The molecule has 1 heterocycles. The number of aromatic nitrogens is 2. The van der Waals surface area contributed by atoms with Crippen molar-refractivity contribution < 1.29 is 17.9 Å². The number of benzene rings is 1. The number of hydrogen-bond acceptors (Lipinski definition) is 4. The largest absolute Gasteiger partial charge is 0.437 e. The van der Waals surface area contributed by atoms with Crippen LogP contribution < -0.4 is 4.74 Å². The van der Waals surface area contributed by atoms with Gasteiger partial charge in [-0.1, -0.05) is 6.07 Å².